The average Bonchev–Trinajstić information content (AvgIpc) is 3.18. The summed E-state index contributed by atoms with van der Waals surface area (Å²) in [7, 11) is 0. The van der Waals surface area contributed by atoms with E-state index in [1.807, 2.05) is 12.1 Å². The lowest BCUT2D eigenvalue weighted by Crippen LogP contribution is -2.51. The molecule has 1 spiro atoms. The number of aliphatic hydroxyl groups excluding tert-OH is 2. The Labute approximate surface area is 177 Å². The Morgan fingerprint density at radius 1 is 1.10 bits per heavy atom. The molecule has 1 aliphatic carbocycles. The van der Waals surface area contributed by atoms with Crippen molar-refractivity contribution < 1.29 is 14.9 Å². The minimum Gasteiger partial charge on any atom is -0.487 e. The van der Waals surface area contributed by atoms with Crippen molar-refractivity contribution in [3.63, 3.8) is 0 Å². The number of rotatable bonds is 3. The van der Waals surface area contributed by atoms with Crippen LogP contribution in [0.1, 0.15) is 60.1 Å². The van der Waals surface area contributed by atoms with E-state index in [4.69, 9.17) is 16.3 Å². The fourth-order valence-corrected chi connectivity index (χ4v) is 5.39. The van der Waals surface area contributed by atoms with Crippen molar-refractivity contribution in [3.8, 4) is 5.75 Å². The molecule has 0 unspecified atom stereocenters. The molecule has 3 aliphatic rings. The first kappa shape index (κ1) is 19.4. The van der Waals surface area contributed by atoms with Gasteiger partial charge < -0.3 is 19.8 Å². The Morgan fingerprint density at radius 2 is 1.90 bits per heavy atom. The number of likely N-dealkylation sites (tertiary alicyclic amines) is 1. The molecule has 2 aliphatic heterocycles. The Balaban J connectivity index is 1.22. The SMILES string of the molecule is O[C@@H](CN1CCC2(CC1)C[C@H](O)c1cc(Cl)ccc1O2)c1ccc2c(c1)CCC2. The largest absolute Gasteiger partial charge is 0.487 e. The number of piperidine rings is 1. The van der Waals surface area contributed by atoms with E-state index >= 15 is 0 Å². The lowest BCUT2D eigenvalue weighted by Gasteiger charge is -2.46. The lowest BCUT2D eigenvalue weighted by molar-refractivity contribution is -0.0587. The summed E-state index contributed by atoms with van der Waals surface area (Å²) in [5.41, 5.74) is 4.34. The second-order valence-corrected chi connectivity index (χ2v) is 9.32. The van der Waals surface area contributed by atoms with Crippen molar-refractivity contribution in [2.24, 2.45) is 0 Å². The van der Waals surface area contributed by atoms with Gasteiger partial charge in [-0.15, -0.1) is 0 Å². The van der Waals surface area contributed by atoms with Crippen molar-refractivity contribution in [1.29, 1.82) is 0 Å². The third-order valence-electron chi connectivity index (χ3n) is 6.93. The van der Waals surface area contributed by atoms with E-state index in [-0.39, 0.29) is 5.60 Å². The topological polar surface area (TPSA) is 52.9 Å². The number of nitrogens with zero attached hydrogens (tertiary/aromatic N) is 1. The molecule has 1 fully saturated rings. The van der Waals surface area contributed by atoms with E-state index in [9.17, 15) is 10.2 Å². The smallest absolute Gasteiger partial charge is 0.126 e. The second kappa shape index (κ2) is 7.59. The summed E-state index contributed by atoms with van der Waals surface area (Å²) in [5, 5.41) is 22.0. The molecule has 2 heterocycles. The van der Waals surface area contributed by atoms with Gasteiger partial charge in [-0.2, -0.15) is 0 Å². The molecule has 0 amide bonds. The summed E-state index contributed by atoms with van der Waals surface area (Å²) < 4.78 is 6.37. The Kier molecular flexibility index (Phi) is 5.07. The predicted octanol–water partition coefficient (Wildman–Crippen LogP) is 4.21. The van der Waals surface area contributed by atoms with Gasteiger partial charge in [-0.05, 0) is 67.0 Å². The van der Waals surface area contributed by atoms with E-state index in [0.29, 0.717) is 18.0 Å². The number of ether oxygens (including phenoxy) is 1. The summed E-state index contributed by atoms with van der Waals surface area (Å²) in [6, 6.07) is 12.0. The minimum atomic E-state index is -0.541. The number of halogens is 1. The fourth-order valence-electron chi connectivity index (χ4n) is 5.21. The van der Waals surface area contributed by atoms with Crippen molar-refractivity contribution in [2.75, 3.05) is 19.6 Å². The average molecular weight is 414 g/mol. The van der Waals surface area contributed by atoms with Crippen molar-refractivity contribution >= 4 is 11.6 Å². The number of aryl methyl sites for hydroxylation is 2. The molecule has 1 saturated heterocycles. The van der Waals surface area contributed by atoms with Gasteiger partial charge in [0, 0.05) is 36.6 Å². The summed E-state index contributed by atoms with van der Waals surface area (Å²) >= 11 is 6.07. The third kappa shape index (κ3) is 3.79. The van der Waals surface area contributed by atoms with Gasteiger partial charge in [-0.3, -0.25) is 0 Å². The molecule has 0 saturated carbocycles. The van der Waals surface area contributed by atoms with Crippen LogP contribution in [0.4, 0.5) is 0 Å². The van der Waals surface area contributed by atoms with Crippen LogP contribution >= 0.6 is 11.6 Å². The quantitative estimate of drug-likeness (QED) is 0.791. The van der Waals surface area contributed by atoms with Gasteiger partial charge in [-0.1, -0.05) is 29.8 Å². The first-order chi connectivity index (χ1) is 14.0. The maximum absolute atomic E-state index is 10.8. The summed E-state index contributed by atoms with van der Waals surface area (Å²) in [6.45, 7) is 2.36. The zero-order chi connectivity index (χ0) is 20.0. The standard InChI is InChI=1S/C24H28ClNO3/c25-19-6-7-23-20(13-19)21(27)14-24(29-23)8-10-26(11-9-24)15-22(28)18-5-4-16-2-1-3-17(16)12-18/h4-7,12-13,21-22,27-28H,1-3,8-11,14-15H2/t21-,22-/m0/s1. The van der Waals surface area contributed by atoms with Crippen LogP contribution < -0.4 is 4.74 Å². The van der Waals surface area contributed by atoms with Gasteiger partial charge in [0.1, 0.15) is 11.4 Å². The molecule has 2 aromatic carbocycles. The first-order valence-electron chi connectivity index (χ1n) is 10.7. The molecule has 5 heteroatoms. The zero-order valence-corrected chi connectivity index (χ0v) is 17.4. The minimum absolute atomic E-state index is 0.324. The molecule has 154 valence electrons. The van der Waals surface area contributed by atoms with Gasteiger partial charge in [0.25, 0.3) is 0 Å². The molecule has 2 aromatic rings. The van der Waals surface area contributed by atoms with Gasteiger partial charge in [-0.25, -0.2) is 0 Å². The van der Waals surface area contributed by atoms with Crippen molar-refractivity contribution in [2.45, 2.75) is 56.3 Å². The van der Waals surface area contributed by atoms with E-state index in [2.05, 4.69) is 23.1 Å². The van der Waals surface area contributed by atoms with Crippen LogP contribution in [0.2, 0.25) is 5.02 Å². The third-order valence-corrected chi connectivity index (χ3v) is 7.16. The van der Waals surface area contributed by atoms with Gasteiger partial charge in [0.05, 0.1) is 12.2 Å². The molecule has 0 radical (unpaired) electrons. The van der Waals surface area contributed by atoms with Crippen LogP contribution in [0.3, 0.4) is 0 Å². The molecular formula is C24H28ClNO3. The van der Waals surface area contributed by atoms with Crippen molar-refractivity contribution in [1.82, 2.24) is 4.90 Å². The number of hydrogen-bond acceptors (Lipinski definition) is 4. The van der Waals surface area contributed by atoms with E-state index in [0.717, 1.165) is 49.2 Å². The molecule has 4 nitrogen and oxygen atoms in total. The molecule has 5 rings (SSSR count). The maximum atomic E-state index is 10.8. The number of hydrogen-bond donors (Lipinski definition) is 2. The van der Waals surface area contributed by atoms with Crippen LogP contribution in [0, 0.1) is 0 Å². The number of benzene rings is 2. The van der Waals surface area contributed by atoms with E-state index in [1.54, 1.807) is 6.07 Å². The van der Waals surface area contributed by atoms with Gasteiger partial charge in [0.2, 0.25) is 0 Å². The second-order valence-electron chi connectivity index (χ2n) is 8.89. The van der Waals surface area contributed by atoms with Crippen LogP contribution in [-0.2, 0) is 12.8 Å². The molecular weight excluding hydrogens is 386 g/mol. The Bertz CT molecular complexity index is 907. The van der Waals surface area contributed by atoms with Crippen LogP contribution in [0.15, 0.2) is 36.4 Å². The van der Waals surface area contributed by atoms with Crippen LogP contribution in [0.25, 0.3) is 0 Å². The Morgan fingerprint density at radius 3 is 2.72 bits per heavy atom. The molecule has 2 N–H and O–H groups in total. The summed E-state index contributed by atoms with van der Waals surface area (Å²) in [6.07, 6.45) is 4.82. The monoisotopic (exact) mass is 413 g/mol. The number of aliphatic hydroxyl groups is 2. The van der Waals surface area contributed by atoms with Gasteiger partial charge in [0.15, 0.2) is 0 Å². The van der Waals surface area contributed by atoms with Crippen LogP contribution in [-0.4, -0.2) is 40.3 Å². The highest BCUT2D eigenvalue weighted by molar-refractivity contribution is 6.30. The lowest BCUT2D eigenvalue weighted by atomic mass is 9.81. The zero-order valence-electron chi connectivity index (χ0n) is 16.6. The fraction of sp³-hybridized carbons (Fsp3) is 0.500. The van der Waals surface area contributed by atoms with Gasteiger partial charge >= 0.3 is 0 Å². The number of fused-ring (bicyclic) bond motifs is 2. The number of β-amino-alcohol motifs (C(OH)–C–C–N with tert-alkyl or cyclic N) is 1. The van der Waals surface area contributed by atoms with E-state index < -0.39 is 12.2 Å². The molecule has 29 heavy (non-hydrogen) atoms. The van der Waals surface area contributed by atoms with Crippen molar-refractivity contribution in [3.05, 3.63) is 63.7 Å². The first-order valence-corrected chi connectivity index (χ1v) is 11.1. The molecule has 0 aromatic heterocycles. The highest BCUT2D eigenvalue weighted by Crippen LogP contribution is 2.45. The highest BCUT2D eigenvalue weighted by atomic mass is 35.5. The van der Waals surface area contributed by atoms with Crippen LogP contribution in [0.5, 0.6) is 5.75 Å². The predicted molar refractivity (Wildman–Crippen MR) is 113 cm³/mol. The summed E-state index contributed by atoms with van der Waals surface area (Å²) in [5.74, 6) is 0.750. The normalized spacial score (nSPS) is 24.0. The molecule has 2 atom stereocenters. The highest BCUT2D eigenvalue weighted by Gasteiger charge is 2.43. The summed E-state index contributed by atoms with van der Waals surface area (Å²) in [4.78, 5) is 2.32. The van der Waals surface area contributed by atoms with E-state index in [1.165, 1.54) is 24.0 Å². The Hall–Kier alpha value is -1.59. The molecule has 0 bridgehead atoms. The maximum Gasteiger partial charge on any atom is 0.126 e.